The molecule has 2 aromatic heterocycles. The van der Waals surface area contributed by atoms with Crippen molar-refractivity contribution in [1.82, 2.24) is 13.7 Å². The maximum atomic E-state index is 13.1. The zero-order chi connectivity index (χ0) is 20.0. The van der Waals surface area contributed by atoms with Crippen molar-refractivity contribution >= 4 is 26.8 Å². The van der Waals surface area contributed by atoms with Crippen molar-refractivity contribution in [2.45, 2.75) is 0 Å². The topological polar surface area (TPSA) is 58.2 Å². The van der Waals surface area contributed by atoms with Crippen molar-refractivity contribution in [2.24, 2.45) is 14.1 Å². The quantitative estimate of drug-likeness (QED) is 0.490. The van der Waals surface area contributed by atoms with Gasteiger partial charge in [0.2, 0.25) is 0 Å². The standard InChI is InChI=1S/C21H18BrN3O3/c1-23-17-12-25(13-7-6-8-14(11-13)28-3)19(15-9-4-5-10-16(15)22)18(17)20(26)24(2)21(23)27/h4-12H,1-3H3. The van der Waals surface area contributed by atoms with E-state index in [1.165, 1.54) is 11.6 Å². The summed E-state index contributed by atoms with van der Waals surface area (Å²) in [7, 11) is 4.78. The molecule has 7 heteroatoms. The Labute approximate surface area is 169 Å². The van der Waals surface area contributed by atoms with E-state index >= 15 is 0 Å². The molecule has 0 N–H and O–H groups in total. The van der Waals surface area contributed by atoms with Crippen LogP contribution in [0.4, 0.5) is 0 Å². The second kappa shape index (κ2) is 6.83. The molecule has 0 aliphatic carbocycles. The Morgan fingerprint density at radius 3 is 2.43 bits per heavy atom. The van der Waals surface area contributed by atoms with Gasteiger partial charge in [-0.25, -0.2) is 4.79 Å². The predicted molar refractivity (Wildman–Crippen MR) is 113 cm³/mol. The molecule has 142 valence electrons. The summed E-state index contributed by atoms with van der Waals surface area (Å²) < 4.78 is 10.8. The number of ether oxygens (including phenoxy) is 1. The SMILES string of the molecule is COc1cccc(-n2cc3c(c2-c2ccccc2Br)c(=O)n(C)c(=O)n3C)c1. The van der Waals surface area contributed by atoms with Crippen molar-refractivity contribution in [1.29, 1.82) is 0 Å². The number of aryl methyl sites for hydroxylation is 1. The molecule has 4 aromatic rings. The van der Waals surface area contributed by atoms with Gasteiger partial charge in [0.1, 0.15) is 5.75 Å². The van der Waals surface area contributed by atoms with Gasteiger partial charge in [-0.3, -0.25) is 13.9 Å². The number of benzene rings is 2. The maximum Gasteiger partial charge on any atom is 0.330 e. The molecular formula is C21H18BrN3O3. The van der Waals surface area contributed by atoms with E-state index in [0.29, 0.717) is 22.3 Å². The smallest absolute Gasteiger partial charge is 0.330 e. The van der Waals surface area contributed by atoms with Crippen molar-refractivity contribution in [3.63, 3.8) is 0 Å². The first-order valence-corrected chi connectivity index (χ1v) is 9.43. The fraction of sp³-hybridized carbons (Fsp3) is 0.143. The van der Waals surface area contributed by atoms with Crippen molar-refractivity contribution < 1.29 is 4.74 Å². The van der Waals surface area contributed by atoms with Crippen LogP contribution in [0.2, 0.25) is 0 Å². The number of halogens is 1. The molecule has 0 saturated carbocycles. The highest BCUT2D eigenvalue weighted by Gasteiger charge is 2.21. The molecular weight excluding hydrogens is 422 g/mol. The Morgan fingerprint density at radius 1 is 0.964 bits per heavy atom. The van der Waals surface area contributed by atoms with Crippen LogP contribution < -0.4 is 16.0 Å². The average Bonchev–Trinajstić information content (AvgIpc) is 3.11. The van der Waals surface area contributed by atoms with Gasteiger partial charge in [-0.2, -0.15) is 0 Å². The molecule has 0 atom stereocenters. The molecule has 0 bridgehead atoms. The average molecular weight is 440 g/mol. The minimum atomic E-state index is -0.362. The van der Waals surface area contributed by atoms with Gasteiger partial charge in [-0.15, -0.1) is 0 Å². The second-order valence-electron chi connectivity index (χ2n) is 6.50. The molecule has 0 saturated heterocycles. The summed E-state index contributed by atoms with van der Waals surface area (Å²) in [4.78, 5) is 25.5. The molecule has 0 radical (unpaired) electrons. The number of methoxy groups -OCH3 is 1. The number of nitrogens with zero attached hydrogens (tertiary/aromatic N) is 3. The minimum Gasteiger partial charge on any atom is -0.497 e. The lowest BCUT2D eigenvalue weighted by atomic mass is 10.1. The van der Waals surface area contributed by atoms with Crippen LogP contribution in [0, 0.1) is 0 Å². The van der Waals surface area contributed by atoms with E-state index in [2.05, 4.69) is 15.9 Å². The first-order valence-electron chi connectivity index (χ1n) is 8.64. The summed E-state index contributed by atoms with van der Waals surface area (Å²) in [6, 6.07) is 15.3. The van der Waals surface area contributed by atoms with Gasteiger partial charge in [0.05, 0.1) is 23.7 Å². The molecule has 0 spiro atoms. The lowest BCUT2D eigenvalue weighted by molar-refractivity contribution is 0.414. The van der Waals surface area contributed by atoms with Gasteiger partial charge >= 0.3 is 5.69 Å². The lowest BCUT2D eigenvalue weighted by Crippen LogP contribution is -2.36. The third-order valence-electron chi connectivity index (χ3n) is 4.90. The van der Waals surface area contributed by atoms with E-state index in [1.807, 2.05) is 59.3 Å². The van der Waals surface area contributed by atoms with Crippen LogP contribution in [0.5, 0.6) is 5.75 Å². The van der Waals surface area contributed by atoms with Gasteiger partial charge < -0.3 is 9.30 Å². The predicted octanol–water partition coefficient (Wildman–Crippen LogP) is 3.47. The molecule has 28 heavy (non-hydrogen) atoms. The summed E-state index contributed by atoms with van der Waals surface area (Å²) in [5.41, 5.74) is 2.28. The van der Waals surface area contributed by atoms with E-state index < -0.39 is 0 Å². The molecule has 0 aliphatic heterocycles. The summed E-state index contributed by atoms with van der Waals surface area (Å²) in [6.45, 7) is 0. The van der Waals surface area contributed by atoms with E-state index in [4.69, 9.17) is 4.74 Å². The van der Waals surface area contributed by atoms with Crippen molar-refractivity contribution in [3.8, 4) is 22.7 Å². The fourth-order valence-electron chi connectivity index (χ4n) is 3.42. The number of hydrogen-bond acceptors (Lipinski definition) is 3. The molecule has 6 nitrogen and oxygen atoms in total. The largest absolute Gasteiger partial charge is 0.497 e. The Hall–Kier alpha value is -3.06. The molecule has 4 rings (SSSR count). The maximum absolute atomic E-state index is 13.1. The van der Waals surface area contributed by atoms with Crippen molar-refractivity contribution in [2.75, 3.05) is 7.11 Å². The first kappa shape index (κ1) is 18.3. The summed E-state index contributed by atoms with van der Waals surface area (Å²) in [5, 5.41) is 0.485. The Bertz CT molecular complexity index is 1330. The van der Waals surface area contributed by atoms with Crippen LogP contribution in [0.25, 0.3) is 27.8 Å². The number of rotatable bonds is 3. The van der Waals surface area contributed by atoms with Crippen LogP contribution in [-0.2, 0) is 14.1 Å². The van der Waals surface area contributed by atoms with Crippen molar-refractivity contribution in [3.05, 3.63) is 80.0 Å². The monoisotopic (exact) mass is 439 g/mol. The zero-order valence-electron chi connectivity index (χ0n) is 15.6. The molecule has 2 heterocycles. The number of fused-ring (bicyclic) bond motifs is 1. The first-order chi connectivity index (χ1) is 13.4. The van der Waals surface area contributed by atoms with Crippen LogP contribution in [0.3, 0.4) is 0 Å². The normalized spacial score (nSPS) is 11.1. The number of hydrogen-bond donors (Lipinski definition) is 0. The highest BCUT2D eigenvalue weighted by atomic mass is 79.9. The Kier molecular flexibility index (Phi) is 4.47. The van der Waals surface area contributed by atoms with Crippen LogP contribution >= 0.6 is 15.9 Å². The number of aromatic nitrogens is 3. The van der Waals surface area contributed by atoms with E-state index in [0.717, 1.165) is 20.3 Å². The summed E-state index contributed by atoms with van der Waals surface area (Å²) in [6.07, 6.45) is 1.82. The van der Waals surface area contributed by atoms with Gasteiger partial charge in [0.15, 0.2) is 0 Å². The van der Waals surface area contributed by atoms with E-state index in [1.54, 1.807) is 14.2 Å². The highest BCUT2D eigenvalue weighted by molar-refractivity contribution is 9.10. The Morgan fingerprint density at radius 2 is 1.71 bits per heavy atom. The van der Waals surface area contributed by atoms with Crippen LogP contribution in [0.1, 0.15) is 0 Å². The van der Waals surface area contributed by atoms with E-state index in [9.17, 15) is 9.59 Å². The van der Waals surface area contributed by atoms with Crippen LogP contribution in [0.15, 0.2) is 68.8 Å². The Balaban J connectivity index is 2.22. The molecule has 0 amide bonds. The molecule has 0 aliphatic rings. The molecule has 0 unspecified atom stereocenters. The highest BCUT2D eigenvalue weighted by Crippen LogP contribution is 2.35. The van der Waals surface area contributed by atoms with Gasteiger partial charge in [-0.05, 0) is 18.2 Å². The molecule has 0 fully saturated rings. The van der Waals surface area contributed by atoms with Crippen LogP contribution in [-0.4, -0.2) is 20.8 Å². The molecule has 2 aromatic carbocycles. The lowest BCUT2D eigenvalue weighted by Gasteiger charge is -2.12. The summed E-state index contributed by atoms with van der Waals surface area (Å²) in [5.74, 6) is 0.704. The van der Waals surface area contributed by atoms with E-state index in [-0.39, 0.29) is 11.2 Å². The summed E-state index contributed by atoms with van der Waals surface area (Å²) >= 11 is 3.60. The zero-order valence-corrected chi connectivity index (χ0v) is 17.2. The second-order valence-corrected chi connectivity index (χ2v) is 7.35. The van der Waals surface area contributed by atoms with Gasteiger partial charge in [-0.1, -0.05) is 40.2 Å². The van der Waals surface area contributed by atoms with Gasteiger partial charge in [0, 0.05) is 42.1 Å². The third-order valence-corrected chi connectivity index (χ3v) is 5.59. The fourth-order valence-corrected chi connectivity index (χ4v) is 3.90. The van der Waals surface area contributed by atoms with Gasteiger partial charge in [0.25, 0.3) is 5.56 Å². The third kappa shape index (κ3) is 2.70. The minimum absolute atomic E-state index is 0.328.